The summed E-state index contributed by atoms with van der Waals surface area (Å²) in [5.74, 6) is -2.87. The number of carbonyl (C=O) groups is 3. The fourth-order valence-corrected chi connectivity index (χ4v) is 7.19. The Labute approximate surface area is 223 Å². The molecule has 2 amide bonds. The molecule has 4 rings (SSSR count). The molecule has 3 aliphatic heterocycles. The van der Waals surface area contributed by atoms with Gasteiger partial charge in [-0.1, -0.05) is 43.7 Å². The largest absolute Gasteiger partial charge is 0.466 e. The van der Waals surface area contributed by atoms with Gasteiger partial charge in [0, 0.05) is 6.54 Å². The average molecular weight is 533 g/mol. The molecule has 202 valence electrons. The van der Waals surface area contributed by atoms with Crippen LogP contribution in [0.2, 0.25) is 5.02 Å². The summed E-state index contributed by atoms with van der Waals surface area (Å²) in [7, 11) is 0. The number of amides is 2. The lowest BCUT2D eigenvalue weighted by Crippen LogP contribution is -2.59. The Kier molecular flexibility index (Phi) is 7.75. The fraction of sp³-hybridized carbons (Fsp3) is 0.607. The molecule has 8 nitrogen and oxygen atoms in total. The van der Waals surface area contributed by atoms with Crippen LogP contribution in [-0.4, -0.2) is 70.8 Å². The number of aliphatic hydroxyl groups is 1. The highest BCUT2D eigenvalue weighted by molar-refractivity contribution is 6.34. The summed E-state index contributed by atoms with van der Waals surface area (Å²) in [5.41, 5.74) is -0.744. The highest BCUT2D eigenvalue weighted by Gasteiger charge is 2.79. The van der Waals surface area contributed by atoms with Crippen LogP contribution in [0.5, 0.6) is 0 Å². The van der Waals surface area contributed by atoms with E-state index < -0.39 is 41.1 Å². The van der Waals surface area contributed by atoms with Crippen LogP contribution in [0.15, 0.2) is 30.9 Å². The van der Waals surface area contributed by atoms with E-state index in [1.54, 1.807) is 24.0 Å². The van der Waals surface area contributed by atoms with Crippen molar-refractivity contribution in [3.05, 3.63) is 41.4 Å². The Hall–Kier alpha value is -2.42. The number of para-hydroxylation sites is 1. The molecule has 3 saturated heterocycles. The SMILES string of the molecule is C=CCN(C(=O)C1N([C@@H](CC)CO)C(=O)[C@@H]2[C@@H](C(=O)OCC)[C@@]3(CC)CCC12O3)c1c(C)cccc1Cl. The highest BCUT2D eigenvalue weighted by Crippen LogP contribution is 2.65. The number of fused-ring (bicyclic) bond motifs is 1. The van der Waals surface area contributed by atoms with E-state index in [1.807, 2.05) is 32.9 Å². The monoisotopic (exact) mass is 532 g/mol. The number of rotatable bonds is 10. The number of benzene rings is 1. The Balaban J connectivity index is 1.90. The molecule has 3 aliphatic rings. The second-order valence-corrected chi connectivity index (χ2v) is 10.6. The molecule has 3 heterocycles. The van der Waals surface area contributed by atoms with E-state index >= 15 is 0 Å². The van der Waals surface area contributed by atoms with Gasteiger partial charge in [0.1, 0.15) is 17.6 Å². The molecule has 0 radical (unpaired) electrons. The first-order valence-electron chi connectivity index (χ1n) is 13.1. The first kappa shape index (κ1) is 27.6. The van der Waals surface area contributed by atoms with E-state index in [2.05, 4.69) is 6.58 Å². The van der Waals surface area contributed by atoms with Gasteiger partial charge >= 0.3 is 5.97 Å². The lowest BCUT2D eigenvalue weighted by Gasteiger charge is -2.39. The molecular formula is C28H37ClN2O6. The molecule has 0 saturated carbocycles. The number of aryl methyl sites for hydroxylation is 1. The molecule has 1 N–H and O–H groups in total. The van der Waals surface area contributed by atoms with Gasteiger partial charge in [-0.25, -0.2) is 0 Å². The maximum Gasteiger partial charge on any atom is 0.312 e. The molecule has 2 bridgehead atoms. The second-order valence-electron chi connectivity index (χ2n) is 10.2. The number of carbonyl (C=O) groups excluding carboxylic acids is 3. The van der Waals surface area contributed by atoms with Crippen molar-refractivity contribution in [3.8, 4) is 0 Å². The summed E-state index contributed by atoms with van der Waals surface area (Å²) < 4.78 is 12.2. The van der Waals surface area contributed by atoms with Crippen LogP contribution in [0.4, 0.5) is 5.69 Å². The maximum absolute atomic E-state index is 14.6. The normalized spacial score (nSPS) is 30.8. The topological polar surface area (TPSA) is 96.4 Å². The zero-order chi connectivity index (χ0) is 27.1. The Morgan fingerprint density at radius 1 is 1.35 bits per heavy atom. The van der Waals surface area contributed by atoms with E-state index in [4.69, 9.17) is 21.1 Å². The third-order valence-electron chi connectivity index (χ3n) is 8.50. The van der Waals surface area contributed by atoms with Crippen molar-refractivity contribution in [2.45, 2.75) is 76.7 Å². The molecule has 0 aliphatic carbocycles. The molecule has 1 aromatic carbocycles. The lowest BCUT2D eigenvalue weighted by molar-refractivity contribution is -0.161. The maximum atomic E-state index is 14.6. The zero-order valence-electron chi connectivity index (χ0n) is 22.0. The van der Waals surface area contributed by atoms with Crippen LogP contribution in [0, 0.1) is 18.8 Å². The van der Waals surface area contributed by atoms with E-state index in [0.29, 0.717) is 36.4 Å². The number of ether oxygens (including phenoxy) is 2. The molecule has 1 spiro atoms. The molecule has 3 fully saturated rings. The number of hydrogen-bond donors (Lipinski definition) is 1. The molecule has 0 aromatic heterocycles. The summed E-state index contributed by atoms with van der Waals surface area (Å²) in [6, 6.07) is 3.75. The summed E-state index contributed by atoms with van der Waals surface area (Å²) >= 11 is 6.58. The van der Waals surface area contributed by atoms with Crippen molar-refractivity contribution in [3.63, 3.8) is 0 Å². The van der Waals surface area contributed by atoms with E-state index in [-0.39, 0.29) is 31.6 Å². The summed E-state index contributed by atoms with van der Waals surface area (Å²) in [4.78, 5) is 45.1. The minimum Gasteiger partial charge on any atom is -0.466 e. The molecule has 9 heteroatoms. The molecule has 6 atom stereocenters. The van der Waals surface area contributed by atoms with Gasteiger partial charge in [0.2, 0.25) is 5.91 Å². The number of anilines is 1. The summed E-state index contributed by atoms with van der Waals surface area (Å²) in [5, 5.41) is 10.7. The number of halogens is 1. The Morgan fingerprint density at radius 2 is 2.08 bits per heavy atom. The number of hydrogen-bond acceptors (Lipinski definition) is 6. The number of nitrogens with zero attached hydrogens (tertiary/aromatic N) is 2. The fourth-order valence-electron chi connectivity index (χ4n) is 6.87. The van der Waals surface area contributed by atoms with Crippen molar-refractivity contribution >= 4 is 35.1 Å². The Morgan fingerprint density at radius 3 is 2.65 bits per heavy atom. The minimum atomic E-state index is -1.21. The standard InChI is InChI=1S/C28H37ClN2O6/c1-6-15-30(22-17(5)11-10-12-19(22)29)25(34)23-28-14-13-27(8-3,37-28)21(26(35)36-9-4)20(28)24(33)31(23)18(7-2)16-32/h6,10-12,18,20-21,23,32H,1,7-9,13-16H2,2-5H3/t18-,20-,21-,23?,27+,28?/m0/s1. The van der Waals surface area contributed by atoms with Gasteiger partial charge in [0.25, 0.3) is 5.91 Å². The van der Waals surface area contributed by atoms with E-state index in [9.17, 15) is 19.5 Å². The van der Waals surface area contributed by atoms with Crippen LogP contribution in [0.25, 0.3) is 0 Å². The molecule has 2 unspecified atom stereocenters. The van der Waals surface area contributed by atoms with Gasteiger partial charge in [-0.3, -0.25) is 14.4 Å². The average Bonchev–Trinajstić information content (AvgIpc) is 3.48. The third-order valence-corrected chi connectivity index (χ3v) is 8.81. The van der Waals surface area contributed by atoms with Gasteiger partial charge < -0.3 is 24.4 Å². The summed E-state index contributed by atoms with van der Waals surface area (Å²) in [6.07, 6.45) is 3.55. The van der Waals surface area contributed by atoms with Crippen LogP contribution in [-0.2, 0) is 23.9 Å². The first-order chi connectivity index (χ1) is 17.7. The smallest absolute Gasteiger partial charge is 0.312 e. The van der Waals surface area contributed by atoms with Crippen LogP contribution >= 0.6 is 11.6 Å². The molecular weight excluding hydrogens is 496 g/mol. The van der Waals surface area contributed by atoms with Crippen molar-refractivity contribution < 1.29 is 29.0 Å². The molecule has 1 aromatic rings. The van der Waals surface area contributed by atoms with Crippen LogP contribution in [0.1, 0.15) is 52.0 Å². The highest BCUT2D eigenvalue weighted by atomic mass is 35.5. The van der Waals surface area contributed by atoms with Crippen LogP contribution in [0.3, 0.4) is 0 Å². The van der Waals surface area contributed by atoms with Gasteiger partial charge in [-0.2, -0.15) is 0 Å². The lowest BCUT2D eigenvalue weighted by atomic mass is 9.65. The minimum absolute atomic E-state index is 0.166. The van der Waals surface area contributed by atoms with Gasteiger partial charge in [0.15, 0.2) is 0 Å². The van der Waals surface area contributed by atoms with Crippen molar-refractivity contribution in [1.29, 1.82) is 0 Å². The number of esters is 1. The predicted octanol–water partition coefficient (Wildman–Crippen LogP) is 3.66. The first-order valence-corrected chi connectivity index (χ1v) is 13.5. The van der Waals surface area contributed by atoms with Crippen molar-refractivity contribution in [2.75, 3.05) is 24.7 Å². The Bertz CT molecular complexity index is 1070. The van der Waals surface area contributed by atoms with E-state index in [0.717, 1.165) is 5.56 Å². The van der Waals surface area contributed by atoms with Crippen molar-refractivity contribution in [2.24, 2.45) is 11.8 Å². The number of likely N-dealkylation sites (tertiary alicyclic amines) is 1. The van der Waals surface area contributed by atoms with Gasteiger partial charge in [-0.15, -0.1) is 6.58 Å². The predicted molar refractivity (Wildman–Crippen MR) is 140 cm³/mol. The van der Waals surface area contributed by atoms with Gasteiger partial charge in [0.05, 0.1) is 41.5 Å². The second kappa shape index (κ2) is 10.4. The van der Waals surface area contributed by atoms with Gasteiger partial charge in [-0.05, 0) is 51.2 Å². The number of aliphatic hydroxyl groups excluding tert-OH is 1. The molecule has 37 heavy (non-hydrogen) atoms. The van der Waals surface area contributed by atoms with Crippen LogP contribution < -0.4 is 4.90 Å². The quantitative estimate of drug-likeness (QED) is 0.365. The third kappa shape index (κ3) is 3.99. The summed E-state index contributed by atoms with van der Waals surface area (Å²) in [6.45, 7) is 11.3. The van der Waals surface area contributed by atoms with Crippen molar-refractivity contribution in [1.82, 2.24) is 4.90 Å². The van der Waals surface area contributed by atoms with E-state index in [1.165, 1.54) is 4.90 Å². The zero-order valence-corrected chi connectivity index (χ0v) is 22.8.